The molecule has 1 saturated carbocycles. The fourth-order valence-electron chi connectivity index (χ4n) is 3.62. The van der Waals surface area contributed by atoms with Gasteiger partial charge in [0.15, 0.2) is 0 Å². The molecule has 2 aliphatic rings. The fourth-order valence-corrected chi connectivity index (χ4v) is 3.80. The monoisotopic (exact) mass is 339 g/mol. The Morgan fingerprint density at radius 1 is 1.30 bits per heavy atom. The number of hydrogen-bond acceptors (Lipinski definition) is 2. The SMILES string of the molecule is O=C(NC[C@@H]1CCN(C2CCCC2)C1)Nc1ccc(F)c(Cl)c1. The summed E-state index contributed by atoms with van der Waals surface area (Å²) in [5.74, 6) is 0.0220. The van der Waals surface area contributed by atoms with E-state index in [9.17, 15) is 9.18 Å². The van der Waals surface area contributed by atoms with Crippen LogP contribution in [0.15, 0.2) is 18.2 Å². The molecular formula is C17H23ClFN3O. The molecule has 0 aromatic heterocycles. The van der Waals surface area contributed by atoms with E-state index in [2.05, 4.69) is 15.5 Å². The highest BCUT2D eigenvalue weighted by molar-refractivity contribution is 6.31. The van der Waals surface area contributed by atoms with E-state index in [1.165, 1.54) is 43.9 Å². The van der Waals surface area contributed by atoms with Gasteiger partial charge in [-0.25, -0.2) is 9.18 Å². The lowest BCUT2D eigenvalue weighted by Crippen LogP contribution is -2.35. The molecule has 1 aromatic carbocycles. The van der Waals surface area contributed by atoms with Crippen molar-refractivity contribution in [2.45, 2.75) is 38.1 Å². The number of halogens is 2. The number of nitrogens with one attached hydrogen (secondary N) is 2. The van der Waals surface area contributed by atoms with Crippen LogP contribution in [-0.4, -0.2) is 36.6 Å². The lowest BCUT2D eigenvalue weighted by Gasteiger charge is -2.23. The minimum absolute atomic E-state index is 0.00537. The average molecular weight is 340 g/mol. The van der Waals surface area contributed by atoms with Crippen LogP contribution in [0.3, 0.4) is 0 Å². The van der Waals surface area contributed by atoms with Crippen LogP contribution in [0.2, 0.25) is 5.02 Å². The predicted molar refractivity (Wildman–Crippen MR) is 90.4 cm³/mol. The number of carbonyl (C=O) groups excluding carboxylic acids is 1. The molecule has 1 aliphatic carbocycles. The van der Waals surface area contributed by atoms with Crippen molar-refractivity contribution in [3.8, 4) is 0 Å². The van der Waals surface area contributed by atoms with Crippen molar-refractivity contribution in [3.63, 3.8) is 0 Å². The second-order valence-corrected chi connectivity index (χ2v) is 6.96. The highest BCUT2D eigenvalue weighted by Gasteiger charge is 2.29. The largest absolute Gasteiger partial charge is 0.338 e. The van der Waals surface area contributed by atoms with Gasteiger partial charge in [-0.1, -0.05) is 24.4 Å². The van der Waals surface area contributed by atoms with E-state index in [0.717, 1.165) is 25.6 Å². The number of amides is 2. The van der Waals surface area contributed by atoms with E-state index in [-0.39, 0.29) is 11.1 Å². The molecule has 0 spiro atoms. The smallest absolute Gasteiger partial charge is 0.319 e. The fraction of sp³-hybridized carbons (Fsp3) is 0.588. The summed E-state index contributed by atoms with van der Waals surface area (Å²) in [6, 6.07) is 4.64. The normalized spacial score (nSPS) is 22.4. The first-order valence-corrected chi connectivity index (χ1v) is 8.73. The topological polar surface area (TPSA) is 44.4 Å². The van der Waals surface area contributed by atoms with Crippen LogP contribution in [0.4, 0.5) is 14.9 Å². The molecule has 0 bridgehead atoms. The Hall–Kier alpha value is -1.33. The molecule has 1 atom stereocenters. The van der Waals surface area contributed by atoms with Gasteiger partial charge in [0.1, 0.15) is 5.82 Å². The summed E-state index contributed by atoms with van der Waals surface area (Å²) in [6.07, 6.45) is 6.50. The maximum Gasteiger partial charge on any atom is 0.319 e. The Bertz CT molecular complexity index is 563. The number of anilines is 1. The standard InChI is InChI=1S/C17H23ClFN3O/c18-15-9-13(5-6-16(15)19)21-17(23)20-10-12-7-8-22(11-12)14-3-1-2-4-14/h5-6,9,12,14H,1-4,7-8,10-11H2,(H2,20,21,23)/t12-/m0/s1. The quantitative estimate of drug-likeness (QED) is 0.874. The van der Waals surface area contributed by atoms with Crippen LogP contribution in [0.25, 0.3) is 0 Å². The number of nitrogens with zero attached hydrogens (tertiary/aromatic N) is 1. The molecule has 0 unspecified atom stereocenters. The van der Waals surface area contributed by atoms with Gasteiger partial charge >= 0.3 is 6.03 Å². The van der Waals surface area contributed by atoms with Gasteiger partial charge in [-0.2, -0.15) is 0 Å². The molecule has 1 saturated heterocycles. The Kier molecular flexibility index (Phi) is 5.38. The number of likely N-dealkylation sites (tertiary alicyclic amines) is 1. The molecule has 2 fully saturated rings. The van der Waals surface area contributed by atoms with Crippen molar-refractivity contribution in [2.75, 3.05) is 25.0 Å². The number of carbonyl (C=O) groups is 1. The van der Waals surface area contributed by atoms with E-state index >= 15 is 0 Å². The van der Waals surface area contributed by atoms with Crippen molar-refractivity contribution in [3.05, 3.63) is 29.0 Å². The van der Waals surface area contributed by atoms with Crippen LogP contribution >= 0.6 is 11.6 Å². The molecule has 1 aromatic rings. The third kappa shape index (κ3) is 4.36. The van der Waals surface area contributed by atoms with Crippen molar-refractivity contribution in [1.29, 1.82) is 0 Å². The zero-order valence-electron chi connectivity index (χ0n) is 13.2. The first-order valence-electron chi connectivity index (χ1n) is 8.36. The van der Waals surface area contributed by atoms with Gasteiger partial charge < -0.3 is 15.5 Å². The first kappa shape index (κ1) is 16.5. The van der Waals surface area contributed by atoms with Gasteiger partial charge in [-0.15, -0.1) is 0 Å². The average Bonchev–Trinajstić information content (AvgIpc) is 3.19. The summed E-state index contributed by atoms with van der Waals surface area (Å²) in [7, 11) is 0. The maximum atomic E-state index is 13.1. The number of rotatable bonds is 4. The molecule has 1 aliphatic heterocycles. The van der Waals surface area contributed by atoms with Gasteiger partial charge in [0.25, 0.3) is 0 Å². The zero-order valence-corrected chi connectivity index (χ0v) is 13.9. The molecule has 4 nitrogen and oxygen atoms in total. The lowest BCUT2D eigenvalue weighted by molar-refractivity contribution is 0.234. The molecule has 23 heavy (non-hydrogen) atoms. The second kappa shape index (κ2) is 7.49. The summed E-state index contributed by atoms with van der Waals surface area (Å²) in [6.45, 7) is 2.89. The summed E-state index contributed by atoms with van der Waals surface area (Å²) >= 11 is 5.70. The lowest BCUT2D eigenvalue weighted by atomic mass is 10.1. The maximum absolute atomic E-state index is 13.1. The number of hydrogen-bond donors (Lipinski definition) is 2. The van der Waals surface area contributed by atoms with Gasteiger partial charge in [0, 0.05) is 24.8 Å². The van der Waals surface area contributed by atoms with Crippen molar-refractivity contribution in [1.82, 2.24) is 10.2 Å². The molecule has 3 rings (SSSR count). The van der Waals surface area contributed by atoms with Gasteiger partial charge in [0.05, 0.1) is 5.02 Å². The summed E-state index contributed by atoms with van der Waals surface area (Å²) in [5.41, 5.74) is 0.493. The van der Waals surface area contributed by atoms with Crippen LogP contribution in [0.1, 0.15) is 32.1 Å². The third-order valence-corrected chi connectivity index (χ3v) is 5.18. The molecule has 0 radical (unpaired) electrons. The summed E-state index contributed by atoms with van der Waals surface area (Å²) in [5, 5.41) is 5.60. The second-order valence-electron chi connectivity index (χ2n) is 6.55. The molecule has 1 heterocycles. The van der Waals surface area contributed by atoms with Crippen LogP contribution in [-0.2, 0) is 0 Å². The van der Waals surface area contributed by atoms with E-state index in [0.29, 0.717) is 18.2 Å². The van der Waals surface area contributed by atoms with Crippen molar-refractivity contribution >= 4 is 23.3 Å². The Labute approximate surface area is 141 Å². The third-order valence-electron chi connectivity index (χ3n) is 4.89. The van der Waals surface area contributed by atoms with Gasteiger partial charge in [-0.3, -0.25) is 0 Å². The van der Waals surface area contributed by atoms with Crippen LogP contribution in [0.5, 0.6) is 0 Å². The Morgan fingerprint density at radius 2 is 2.09 bits per heavy atom. The van der Waals surface area contributed by atoms with Gasteiger partial charge in [-0.05, 0) is 49.9 Å². The number of benzene rings is 1. The van der Waals surface area contributed by atoms with E-state index in [1.807, 2.05) is 0 Å². The van der Waals surface area contributed by atoms with Crippen molar-refractivity contribution < 1.29 is 9.18 Å². The van der Waals surface area contributed by atoms with E-state index < -0.39 is 5.82 Å². The molecule has 2 amide bonds. The predicted octanol–water partition coefficient (Wildman–Crippen LogP) is 3.87. The number of urea groups is 1. The highest BCUT2D eigenvalue weighted by atomic mass is 35.5. The van der Waals surface area contributed by atoms with Crippen LogP contribution in [0, 0.1) is 11.7 Å². The molecule has 126 valence electrons. The Morgan fingerprint density at radius 3 is 2.83 bits per heavy atom. The van der Waals surface area contributed by atoms with E-state index in [1.54, 1.807) is 0 Å². The zero-order chi connectivity index (χ0) is 16.2. The summed E-state index contributed by atoms with van der Waals surface area (Å²) < 4.78 is 13.1. The Balaban J connectivity index is 1.41. The molecule has 2 N–H and O–H groups in total. The van der Waals surface area contributed by atoms with Gasteiger partial charge in [0.2, 0.25) is 0 Å². The van der Waals surface area contributed by atoms with Crippen LogP contribution < -0.4 is 10.6 Å². The molecular weight excluding hydrogens is 317 g/mol. The summed E-state index contributed by atoms with van der Waals surface area (Å²) in [4.78, 5) is 14.5. The minimum Gasteiger partial charge on any atom is -0.338 e. The first-order chi connectivity index (χ1) is 11.1. The van der Waals surface area contributed by atoms with Crippen molar-refractivity contribution in [2.24, 2.45) is 5.92 Å². The highest BCUT2D eigenvalue weighted by Crippen LogP contribution is 2.28. The minimum atomic E-state index is -0.490. The molecule has 6 heteroatoms. The van der Waals surface area contributed by atoms with E-state index in [4.69, 9.17) is 11.6 Å².